The second-order valence-electron chi connectivity index (χ2n) is 5.34. The van der Waals surface area contributed by atoms with Crippen molar-refractivity contribution in [2.45, 2.75) is 18.7 Å². The van der Waals surface area contributed by atoms with Gasteiger partial charge in [0.25, 0.3) is 15.7 Å². The maximum atomic E-state index is 12.1. The largest absolute Gasteiger partial charge is 0.276 e. The minimum Gasteiger partial charge on any atom is -0.258 e. The maximum Gasteiger partial charge on any atom is 0.276 e. The molecule has 0 radical (unpaired) electrons. The summed E-state index contributed by atoms with van der Waals surface area (Å²) in [4.78, 5) is 12.4. The number of hydrogen-bond acceptors (Lipinski definition) is 5. The Hall–Kier alpha value is -3.00. The molecule has 0 amide bonds. The van der Waals surface area contributed by atoms with Crippen molar-refractivity contribution in [3.63, 3.8) is 0 Å². The molecule has 0 aliphatic heterocycles. The lowest BCUT2D eigenvalue weighted by Crippen LogP contribution is -2.19. The summed E-state index contributed by atoms with van der Waals surface area (Å²) in [5.41, 5.74) is 2.15. The molecule has 7 nitrogen and oxygen atoms in total. The molecule has 0 aromatic heterocycles. The molecule has 25 heavy (non-hydrogen) atoms. The van der Waals surface area contributed by atoms with Gasteiger partial charge in [0.15, 0.2) is 0 Å². The van der Waals surface area contributed by atoms with Crippen molar-refractivity contribution >= 4 is 27.5 Å². The molecule has 0 atom stereocenters. The fourth-order valence-electron chi connectivity index (χ4n) is 1.86. The summed E-state index contributed by atoms with van der Waals surface area (Å²) in [6, 6.07) is 12.4. The van der Waals surface area contributed by atoms with Crippen molar-refractivity contribution < 1.29 is 13.3 Å². The quantitative estimate of drug-likeness (QED) is 0.486. The van der Waals surface area contributed by atoms with Crippen molar-refractivity contribution in [3.8, 4) is 0 Å². The van der Waals surface area contributed by atoms with Crippen LogP contribution in [0.4, 0.5) is 5.69 Å². The number of non-ortho nitro benzene ring substituents is 1. The molecule has 8 heteroatoms. The van der Waals surface area contributed by atoms with Crippen molar-refractivity contribution in [1.29, 1.82) is 0 Å². The Morgan fingerprint density at radius 2 is 1.72 bits per heavy atom. The standard InChI is InChI=1S/C17H17N3O4S/c1-13-3-11-17(12-4-13)25(23,24)19-18-14(2)5-6-15-7-9-16(10-8-15)20(21)22/h3-12,19H,1-2H3/b6-5+,18-14+. The van der Waals surface area contributed by atoms with Gasteiger partial charge in [-0.25, -0.2) is 0 Å². The van der Waals surface area contributed by atoms with Crippen molar-refractivity contribution in [3.05, 3.63) is 75.8 Å². The molecule has 2 aromatic carbocycles. The van der Waals surface area contributed by atoms with Gasteiger partial charge in [0.2, 0.25) is 0 Å². The SMILES string of the molecule is CC(/C=C/c1ccc([N+](=O)[O-])cc1)=N\NS(=O)(=O)c1ccc(C)cc1. The highest BCUT2D eigenvalue weighted by Gasteiger charge is 2.12. The predicted octanol–water partition coefficient (Wildman–Crippen LogP) is 3.27. The number of allylic oxidation sites excluding steroid dienone is 1. The number of aryl methyl sites for hydroxylation is 1. The Labute approximate surface area is 145 Å². The summed E-state index contributed by atoms with van der Waals surface area (Å²) >= 11 is 0. The van der Waals surface area contributed by atoms with Crippen LogP contribution in [0.25, 0.3) is 6.08 Å². The summed E-state index contributed by atoms with van der Waals surface area (Å²) < 4.78 is 24.2. The first-order valence-corrected chi connectivity index (χ1v) is 8.81. The summed E-state index contributed by atoms with van der Waals surface area (Å²) in [7, 11) is -3.72. The minimum absolute atomic E-state index is 0.00777. The van der Waals surface area contributed by atoms with Crippen LogP contribution in [0.5, 0.6) is 0 Å². The molecular formula is C17H17N3O4S. The number of nitrogens with zero attached hydrogens (tertiary/aromatic N) is 2. The smallest absolute Gasteiger partial charge is 0.258 e. The van der Waals surface area contributed by atoms with E-state index in [4.69, 9.17) is 0 Å². The van der Waals surface area contributed by atoms with E-state index in [1.807, 2.05) is 6.92 Å². The van der Waals surface area contributed by atoms with Crippen molar-refractivity contribution in [1.82, 2.24) is 4.83 Å². The van der Waals surface area contributed by atoms with E-state index < -0.39 is 14.9 Å². The molecule has 0 aliphatic carbocycles. The molecule has 0 heterocycles. The Morgan fingerprint density at radius 3 is 2.28 bits per heavy atom. The first-order chi connectivity index (χ1) is 11.8. The zero-order valence-electron chi connectivity index (χ0n) is 13.7. The number of nitrogens with one attached hydrogen (secondary N) is 1. The molecular weight excluding hydrogens is 342 g/mol. The van der Waals surface area contributed by atoms with Crippen LogP contribution < -0.4 is 4.83 Å². The highest BCUT2D eigenvalue weighted by Crippen LogP contribution is 2.13. The van der Waals surface area contributed by atoms with Crippen LogP contribution in [0.1, 0.15) is 18.1 Å². The number of sulfonamides is 1. The summed E-state index contributed by atoms with van der Waals surface area (Å²) in [5, 5.41) is 14.4. The second kappa shape index (κ2) is 7.71. The molecule has 0 saturated carbocycles. The van der Waals surface area contributed by atoms with Gasteiger partial charge in [-0.15, -0.1) is 0 Å². The lowest BCUT2D eigenvalue weighted by atomic mass is 10.2. The molecule has 0 spiro atoms. The summed E-state index contributed by atoms with van der Waals surface area (Å²) in [5.74, 6) is 0. The van der Waals surface area contributed by atoms with Crippen LogP contribution in [-0.2, 0) is 10.0 Å². The lowest BCUT2D eigenvalue weighted by molar-refractivity contribution is -0.384. The van der Waals surface area contributed by atoms with E-state index in [0.29, 0.717) is 5.71 Å². The fraction of sp³-hybridized carbons (Fsp3) is 0.118. The molecule has 0 saturated heterocycles. The minimum atomic E-state index is -3.72. The zero-order chi connectivity index (χ0) is 18.4. The van der Waals surface area contributed by atoms with Gasteiger partial charge < -0.3 is 0 Å². The van der Waals surface area contributed by atoms with Crippen LogP contribution >= 0.6 is 0 Å². The van der Waals surface area contributed by atoms with Gasteiger partial charge in [0.1, 0.15) is 0 Å². The third-order valence-electron chi connectivity index (χ3n) is 3.29. The van der Waals surface area contributed by atoms with Crippen LogP contribution in [-0.4, -0.2) is 19.1 Å². The highest BCUT2D eigenvalue weighted by molar-refractivity contribution is 7.89. The van der Waals surface area contributed by atoms with E-state index in [-0.39, 0.29) is 10.6 Å². The number of hydrogen-bond donors (Lipinski definition) is 1. The van der Waals surface area contributed by atoms with Crippen LogP contribution in [0, 0.1) is 17.0 Å². The molecule has 1 N–H and O–H groups in total. The third kappa shape index (κ3) is 5.25. The molecule has 0 unspecified atom stereocenters. The van der Waals surface area contributed by atoms with Gasteiger partial charge in [0.05, 0.1) is 15.5 Å². The Balaban J connectivity index is 2.05. The third-order valence-corrected chi connectivity index (χ3v) is 4.52. The first-order valence-electron chi connectivity index (χ1n) is 7.33. The average molecular weight is 359 g/mol. The van der Waals surface area contributed by atoms with Crippen molar-refractivity contribution in [2.75, 3.05) is 0 Å². The topological polar surface area (TPSA) is 102 Å². The van der Waals surface area contributed by atoms with E-state index in [1.165, 1.54) is 24.3 Å². The molecule has 0 fully saturated rings. The number of hydrazone groups is 1. The molecule has 2 rings (SSSR count). The number of nitro benzene ring substituents is 1. The fourth-order valence-corrected chi connectivity index (χ4v) is 2.73. The van der Waals surface area contributed by atoms with E-state index in [0.717, 1.165) is 11.1 Å². The van der Waals surface area contributed by atoms with Gasteiger partial charge in [0, 0.05) is 12.1 Å². The molecule has 130 valence electrons. The van der Waals surface area contributed by atoms with Gasteiger partial charge in [-0.05, 0) is 49.8 Å². The maximum absolute atomic E-state index is 12.1. The van der Waals surface area contributed by atoms with Crippen LogP contribution in [0.3, 0.4) is 0 Å². The highest BCUT2D eigenvalue weighted by atomic mass is 32.2. The zero-order valence-corrected chi connectivity index (χ0v) is 14.5. The van der Waals surface area contributed by atoms with Crippen LogP contribution in [0.15, 0.2) is 64.6 Å². The van der Waals surface area contributed by atoms with E-state index in [1.54, 1.807) is 43.3 Å². The molecule has 0 bridgehead atoms. The average Bonchev–Trinajstić information content (AvgIpc) is 2.59. The number of benzene rings is 2. The Kier molecular flexibility index (Phi) is 5.66. The van der Waals surface area contributed by atoms with Gasteiger partial charge in [-0.2, -0.15) is 18.4 Å². The van der Waals surface area contributed by atoms with Crippen molar-refractivity contribution in [2.24, 2.45) is 5.10 Å². The monoisotopic (exact) mass is 359 g/mol. The second-order valence-corrected chi connectivity index (χ2v) is 7.00. The Bertz CT molecular complexity index is 915. The van der Waals surface area contributed by atoms with Gasteiger partial charge >= 0.3 is 0 Å². The summed E-state index contributed by atoms with van der Waals surface area (Å²) in [6.45, 7) is 3.51. The number of nitro groups is 1. The van der Waals surface area contributed by atoms with Gasteiger partial charge in [-0.1, -0.05) is 23.8 Å². The van der Waals surface area contributed by atoms with E-state index in [9.17, 15) is 18.5 Å². The predicted molar refractivity (Wildman–Crippen MR) is 96.7 cm³/mol. The summed E-state index contributed by atoms with van der Waals surface area (Å²) in [6.07, 6.45) is 3.29. The first kappa shape index (κ1) is 18.3. The van der Waals surface area contributed by atoms with E-state index >= 15 is 0 Å². The normalized spacial score (nSPS) is 12.3. The Morgan fingerprint density at radius 1 is 1.12 bits per heavy atom. The number of rotatable bonds is 6. The lowest BCUT2D eigenvalue weighted by Gasteiger charge is -2.04. The van der Waals surface area contributed by atoms with Gasteiger partial charge in [-0.3, -0.25) is 10.1 Å². The van der Waals surface area contributed by atoms with Crippen LogP contribution in [0.2, 0.25) is 0 Å². The molecule has 2 aromatic rings. The van der Waals surface area contributed by atoms with E-state index in [2.05, 4.69) is 9.93 Å². The molecule has 0 aliphatic rings.